The zero-order valence-corrected chi connectivity index (χ0v) is 9.21. The van der Waals surface area contributed by atoms with Crippen LogP contribution in [-0.2, 0) is 0 Å². The van der Waals surface area contributed by atoms with E-state index < -0.39 is 0 Å². The van der Waals surface area contributed by atoms with Crippen LogP contribution in [0.2, 0.25) is 0 Å². The molecule has 0 radical (unpaired) electrons. The molecule has 0 amide bonds. The molecule has 0 aliphatic heterocycles. The lowest BCUT2D eigenvalue weighted by atomic mass is 10.2. The largest absolute Gasteiger partial charge is 0.508 e. The van der Waals surface area contributed by atoms with Gasteiger partial charge in [-0.2, -0.15) is 0 Å². The molecule has 4 heteroatoms. The number of rotatable bonds is 0. The highest BCUT2D eigenvalue weighted by Crippen LogP contribution is 2.36. The number of benzene rings is 1. The molecule has 0 spiro atoms. The summed E-state index contributed by atoms with van der Waals surface area (Å²) in [6, 6.07) is 5.36. The van der Waals surface area contributed by atoms with Crippen LogP contribution in [0.4, 0.5) is 0 Å². The van der Waals surface area contributed by atoms with Gasteiger partial charge in [-0.05, 0) is 39.5 Å². The van der Waals surface area contributed by atoms with E-state index in [4.69, 9.17) is 0 Å². The molecule has 2 aromatic rings. The number of hydrogen-bond donors (Lipinski definition) is 2. The Kier molecular flexibility index (Phi) is 2.06. The van der Waals surface area contributed by atoms with Crippen LogP contribution in [0.3, 0.4) is 0 Å². The van der Waals surface area contributed by atoms with Gasteiger partial charge in [0.15, 0.2) is 0 Å². The quantitative estimate of drug-likeness (QED) is 0.693. The first kappa shape index (κ1) is 8.41. The van der Waals surface area contributed by atoms with Gasteiger partial charge in [0.05, 0.1) is 4.21 Å². The summed E-state index contributed by atoms with van der Waals surface area (Å²) in [7, 11) is 0. The Morgan fingerprint density at radius 1 is 1.33 bits per heavy atom. The highest BCUT2D eigenvalue weighted by atomic mass is 79.9. The summed E-state index contributed by atoms with van der Waals surface area (Å²) in [5.41, 5.74) is 0. The van der Waals surface area contributed by atoms with Crippen LogP contribution in [0.5, 0.6) is 5.75 Å². The molecule has 1 nitrogen and oxygen atoms in total. The number of aromatic hydroxyl groups is 1. The molecule has 2 rings (SSSR count). The van der Waals surface area contributed by atoms with E-state index in [-0.39, 0.29) is 5.75 Å². The van der Waals surface area contributed by atoms with Gasteiger partial charge in [0.2, 0.25) is 0 Å². The minimum absolute atomic E-state index is 0.278. The molecule has 12 heavy (non-hydrogen) atoms. The van der Waals surface area contributed by atoms with Crippen molar-refractivity contribution in [2.24, 2.45) is 0 Å². The average Bonchev–Trinajstić information content (AvgIpc) is 2.29. The average molecular weight is 261 g/mol. The Morgan fingerprint density at radius 3 is 2.83 bits per heavy atom. The summed E-state index contributed by atoms with van der Waals surface area (Å²) >= 11 is 9.21. The molecule has 0 saturated carbocycles. The van der Waals surface area contributed by atoms with E-state index in [0.29, 0.717) is 0 Å². The van der Waals surface area contributed by atoms with Crippen molar-refractivity contribution in [2.45, 2.75) is 4.21 Å². The number of fused-ring (bicyclic) bond motifs is 1. The van der Waals surface area contributed by atoms with E-state index in [1.807, 2.05) is 6.07 Å². The minimum atomic E-state index is 0.278. The molecule has 0 fully saturated rings. The van der Waals surface area contributed by atoms with Gasteiger partial charge >= 0.3 is 0 Å². The van der Waals surface area contributed by atoms with E-state index in [2.05, 4.69) is 28.6 Å². The van der Waals surface area contributed by atoms with Gasteiger partial charge in [-0.25, -0.2) is 0 Å². The molecule has 0 atom stereocenters. The normalized spacial score (nSPS) is 10.8. The van der Waals surface area contributed by atoms with Crippen LogP contribution >= 0.6 is 39.9 Å². The minimum Gasteiger partial charge on any atom is -0.508 e. The van der Waals surface area contributed by atoms with Gasteiger partial charge in [0, 0.05) is 9.17 Å². The van der Waals surface area contributed by atoms with Gasteiger partial charge in [0.25, 0.3) is 0 Å². The van der Waals surface area contributed by atoms with Crippen LogP contribution in [0, 0.1) is 0 Å². The highest BCUT2D eigenvalue weighted by Gasteiger charge is 2.04. The summed E-state index contributed by atoms with van der Waals surface area (Å²) in [6.45, 7) is 0. The molecule has 0 unspecified atom stereocenters. The Balaban J connectivity index is 2.88. The van der Waals surface area contributed by atoms with Crippen LogP contribution in [-0.4, -0.2) is 5.11 Å². The van der Waals surface area contributed by atoms with E-state index in [0.717, 1.165) is 18.8 Å². The Morgan fingerprint density at radius 2 is 2.08 bits per heavy atom. The Bertz CT molecular complexity index is 436. The molecule has 62 valence electrons. The van der Waals surface area contributed by atoms with Gasteiger partial charge < -0.3 is 5.11 Å². The van der Waals surface area contributed by atoms with Crippen molar-refractivity contribution in [2.75, 3.05) is 0 Å². The number of hydrogen-bond acceptors (Lipinski definition) is 3. The fourth-order valence-corrected chi connectivity index (χ4v) is 2.99. The topological polar surface area (TPSA) is 20.2 Å². The van der Waals surface area contributed by atoms with Gasteiger partial charge in [-0.3, -0.25) is 0 Å². The third-order valence-corrected chi connectivity index (χ3v) is 3.82. The molecular weight excluding hydrogens is 256 g/mol. The number of phenolic OH excluding ortho intramolecular Hbond substituents is 1. The van der Waals surface area contributed by atoms with Crippen LogP contribution in [0.1, 0.15) is 0 Å². The lowest BCUT2D eigenvalue weighted by molar-refractivity contribution is 0.476. The molecular formula is C8H5BrOS2. The molecule has 0 saturated heterocycles. The van der Waals surface area contributed by atoms with E-state index in [9.17, 15) is 5.11 Å². The monoisotopic (exact) mass is 260 g/mol. The lowest BCUT2D eigenvalue weighted by Gasteiger charge is -1.94. The molecule has 0 aliphatic rings. The second-order valence-corrected chi connectivity index (χ2v) is 5.12. The summed E-state index contributed by atoms with van der Waals surface area (Å²) in [4.78, 5) is 0. The van der Waals surface area contributed by atoms with Crippen molar-refractivity contribution in [1.29, 1.82) is 0 Å². The predicted molar refractivity (Wildman–Crippen MR) is 58.4 cm³/mol. The zero-order valence-electron chi connectivity index (χ0n) is 5.91. The molecule has 1 N–H and O–H groups in total. The first-order chi connectivity index (χ1) is 5.66. The van der Waals surface area contributed by atoms with Crippen molar-refractivity contribution in [1.82, 2.24) is 0 Å². The van der Waals surface area contributed by atoms with Crippen LogP contribution in [0.25, 0.3) is 10.1 Å². The van der Waals surface area contributed by atoms with Crippen molar-refractivity contribution in [3.8, 4) is 5.75 Å². The number of thiol groups is 1. The molecule has 0 aliphatic carbocycles. The maximum absolute atomic E-state index is 9.27. The fraction of sp³-hybridized carbons (Fsp3) is 0. The predicted octanol–water partition coefficient (Wildman–Crippen LogP) is 3.66. The van der Waals surface area contributed by atoms with Crippen molar-refractivity contribution in [3.05, 3.63) is 22.7 Å². The Hall–Kier alpha value is -0.190. The van der Waals surface area contributed by atoms with E-state index in [1.54, 1.807) is 23.5 Å². The maximum Gasteiger partial charge on any atom is 0.117 e. The summed E-state index contributed by atoms with van der Waals surface area (Å²) in [5, 5.41) is 10.3. The standard InChI is InChI=1S/C8H5BrOS2/c9-6-3-5(10)1-4-2-7(11)12-8(4)6/h1-3,10-11H. The zero-order chi connectivity index (χ0) is 8.72. The fourth-order valence-electron chi connectivity index (χ4n) is 1.08. The first-order valence-electron chi connectivity index (χ1n) is 3.28. The second-order valence-electron chi connectivity index (χ2n) is 2.43. The molecule has 1 heterocycles. The van der Waals surface area contributed by atoms with Crippen LogP contribution in [0.15, 0.2) is 26.9 Å². The smallest absolute Gasteiger partial charge is 0.117 e. The summed E-state index contributed by atoms with van der Waals surface area (Å²) in [5.74, 6) is 0.278. The van der Waals surface area contributed by atoms with Crippen molar-refractivity contribution < 1.29 is 5.11 Å². The third-order valence-electron chi connectivity index (χ3n) is 1.54. The van der Waals surface area contributed by atoms with Crippen molar-refractivity contribution >= 4 is 50.0 Å². The van der Waals surface area contributed by atoms with E-state index >= 15 is 0 Å². The highest BCUT2D eigenvalue weighted by molar-refractivity contribution is 9.10. The van der Waals surface area contributed by atoms with Crippen LogP contribution < -0.4 is 0 Å². The Labute approximate surface area is 87.6 Å². The molecule has 1 aromatic heterocycles. The van der Waals surface area contributed by atoms with Gasteiger partial charge in [0.1, 0.15) is 5.75 Å². The SMILES string of the molecule is Oc1cc(Br)c2sc(S)cc2c1. The van der Waals surface area contributed by atoms with Gasteiger partial charge in [-0.1, -0.05) is 0 Å². The first-order valence-corrected chi connectivity index (χ1v) is 5.33. The third kappa shape index (κ3) is 1.34. The number of phenols is 1. The van der Waals surface area contributed by atoms with E-state index in [1.165, 1.54) is 0 Å². The summed E-state index contributed by atoms with van der Waals surface area (Å²) < 4.78 is 3.00. The molecule has 1 aromatic carbocycles. The number of halogens is 1. The van der Waals surface area contributed by atoms with Crippen molar-refractivity contribution in [3.63, 3.8) is 0 Å². The summed E-state index contributed by atoms with van der Waals surface area (Å²) in [6.07, 6.45) is 0. The maximum atomic E-state index is 9.27. The second kappa shape index (κ2) is 2.94. The van der Waals surface area contributed by atoms with Gasteiger partial charge in [-0.15, -0.1) is 24.0 Å². The number of thiophene rings is 1. The molecule has 0 bridgehead atoms. The lowest BCUT2D eigenvalue weighted by Crippen LogP contribution is -1.66.